The Morgan fingerprint density at radius 3 is 2.79 bits per heavy atom. The van der Waals surface area contributed by atoms with Gasteiger partial charge in [-0.05, 0) is 24.1 Å². The average molecular weight is 326 g/mol. The third-order valence-corrected chi connectivity index (χ3v) is 4.47. The molecule has 3 rings (SSSR count). The Labute approximate surface area is 143 Å². The van der Waals surface area contributed by atoms with Crippen molar-refractivity contribution in [3.63, 3.8) is 0 Å². The van der Waals surface area contributed by atoms with E-state index >= 15 is 0 Å². The predicted octanol–water partition coefficient (Wildman–Crippen LogP) is 2.58. The zero-order chi connectivity index (χ0) is 16.8. The molecular formula is C19H26N4O. The molecule has 0 fully saturated rings. The molecule has 0 spiro atoms. The van der Waals surface area contributed by atoms with Crippen LogP contribution < -0.4 is 10.6 Å². The van der Waals surface area contributed by atoms with Crippen LogP contribution in [-0.4, -0.2) is 34.6 Å². The van der Waals surface area contributed by atoms with Gasteiger partial charge in [-0.1, -0.05) is 37.3 Å². The molecule has 0 aliphatic carbocycles. The van der Waals surface area contributed by atoms with Gasteiger partial charge in [-0.15, -0.1) is 0 Å². The number of urea groups is 1. The van der Waals surface area contributed by atoms with Crippen LogP contribution in [0.2, 0.25) is 0 Å². The molecule has 0 radical (unpaired) electrons. The van der Waals surface area contributed by atoms with Gasteiger partial charge in [-0.2, -0.15) is 0 Å². The van der Waals surface area contributed by atoms with Gasteiger partial charge in [0.25, 0.3) is 0 Å². The van der Waals surface area contributed by atoms with E-state index in [9.17, 15) is 4.79 Å². The van der Waals surface area contributed by atoms with E-state index in [0.29, 0.717) is 13.1 Å². The minimum atomic E-state index is -0.0742. The van der Waals surface area contributed by atoms with E-state index in [0.717, 1.165) is 26.1 Å². The van der Waals surface area contributed by atoms with Gasteiger partial charge in [0, 0.05) is 50.7 Å². The van der Waals surface area contributed by atoms with Gasteiger partial charge in [0.15, 0.2) is 0 Å². The number of aromatic nitrogens is 1. The predicted molar refractivity (Wildman–Crippen MR) is 95.6 cm³/mol. The third kappa shape index (κ3) is 4.17. The number of benzene rings is 1. The van der Waals surface area contributed by atoms with Crippen LogP contribution >= 0.6 is 0 Å². The van der Waals surface area contributed by atoms with Gasteiger partial charge in [-0.3, -0.25) is 4.90 Å². The molecule has 24 heavy (non-hydrogen) atoms. The molecule has 5 nitrogen and oxygen atoms in total. The molecule has 1 aromatic carbocycles. The lowest BCUT2D eigenvalue weighted by Crippen LogP contribution is -2.50. The molecule has 2 aromatic rings. The van der Waals surface area contributed by atoms with Crippen molar-refractivity contribution >= 4 is 6.03 Å². The molecule has 128 valence electrons. The molecule has 5 heteroatoms. The highest BCUT2D eigenvalue weighted by Gasteiger charge is 2.26. The molecule has 1 aliphatic rings. The number of rotatable bonds is 6. The van der Waals surface area contributed by atoms with Crippen LogP contribution in [0.5, 0.6) is 0 Å². The highest BCUT2D eigenvalue weighted by atomic mass is 16.2. The summed E-state index contributed by atoms with van der Waals surface area (Å²) in [7, 11) is 0. The van der Waals surface area contributed by atoms with Crippen molar-refractivity contribution in [3.05, 3.63) is 59.9 Å². The van der Waals surface area contributed by atoms with Crippen LogP contribution in [0.15, 0.2) is 48.7 Å². The van der Waals surface area contributed by atoms with E-state index in [4.69, 9.17) is 0 Å². The summed E-state index contributed by atoms with van der Waals surface area (Å²) >= 11 is 0. The Bertz CT molecular complexity index is 652. The summed E-state index contributed by atoms with van der Waals surface area (Å²) in [5.74, 6) is 0. The van der Waals surface area contributed by atoms with Gasteiger partial charge >= 0.3 is 6.03 Å². The Morgan fingerprint density at radius 2 is 2.00 bits per heavy atom. The first kappa shape index (κ1) is 16.6. The first-order valence-electron chi connectivity index (χ1n) is 8.70. The summed E-state index contributed by atoms with van der Waals surface area (Å²) in [5, 5.41) is 5.90. The maximum Gasteiger partial charge on any atom is 0.314 e. The van der Waals surface area contributed by atoms with Crippen molar-refractivity contribution in [3.8, 4) is 0 Å². The smallest absolute Gasteiger partial charge is 0.314 e. The first-order valence-corrected chi connectivity index (χ1v) is 8.70. The van der Waals surface area contributed by atoms with E-state index in [-0.39, 0.29) is 12.1 Å². The molecule has 0 saturated heterocycles. The quantitative estimate of drug-likeness (QED) is 0.857. The minimum absolute atomic E-state index is 0.0742. The number of nitrogens with zero attached hydrogens (tertiary/aromatic N) is 2. The lowest BCUT2D eigenvalue weighted by molar-refractivity contribution is 0.130. The van der Waals surface area contributed by atoms with Gasteiger partial charge in [0.05, 0.1) is 0 Å². The number of carbonyl (C=O) groups excluding carboxylic acids is 1. The number of fused-ring (bicyclic) bond motifs is 1. The standard InChI is InChI=1S/C19H26N4O/c1-2-10-20-19(24)21-12-18-15-22-11-6-9-17(22)14-23(18)13-16-7-4-3-5-8-16/h3-9,11,18H,2,10,12-15H2,1H3,(H2,20,21,24). The zero-order valence-electron chi connectivity index (χ0n) is 14.2. The number of carbonyl (C=O) groups is 1. The lowest BCUT2D eigenvalue weighted by atomic mass is 10.1. The van der Waals surface area contributed by atoms with E-state index in [1.54, 1.807) is 0 Å². The van der Waals surface area contributed by atoms with Gasteiger partial charge in [0.1, 0.15) is 0 Å². The van der Waals surface area contributed by atoms with Crippen LogP contribution in [0.25, 0.3) is 0 Å². The molecule has 1 unspecified atom stereocenters. The van der Waals surface area contributed by atoms with Crippen molar-refractivity contribution in [2.24, 2.45) is 0 Å². The fourth-order valence-electron chi connectivity index (χ4n) is 3.16. The number of hydrogen-bond acceptors (Lipinski definition) is 2. The van der Waals surface area contributed by atoms with Crippen molar-refractivity contribution in [1.29, 1.82) is 0 Å². The fraction of sp³-hybridized carbons (Fsp3) is 0.421. The zero-order valence-corrected chi connectivity index (χ0v) is 14.2. The van der Waals surface area contributed by atoms with Crippen LogP contribution in [-0.2, 0) is 19.6 Å². The monoisotopic (exact) mass is 326 g/mol. The average Bonchev–Trinajstić information content (AvgIpc) is 3.06. The third-order valence-electron chi connectivity index (χ3n) is 4.47. The first-order chi connectivity index (χ1) is 11.8. The second-order valence-electron chi connectivity index (χ2n) is 6.33. The van der Waals surface area contributed by atoms with Gasteiger partial charge < -0.3 is 15.2 Å². The Hall–Kier alpha value is -2.27. The molecule has 1 aromatic heterocycles. The van der Waals surface area contributed by atoms with Crippen LogP contribution in [0.1, 0.15) is 24.6 Å². The van der Waals surface area contributed by atoms with Crippen LogP contribution in [0, 0.1) is 0 Å². The second kappa shape index (κ2) is 8.02. The Kier molecular flexibility index (Phi) is 5.54. The van der Waals surface area contributed by atoms with Crippen molar-refractivity contribution in [2.75, 3.05) is 13.1 Å². The molecule has 2 N–H and O–H groups in total. The Balaban J connectivity index is 1.65. The fourth-order valence-corrected chi connectivity index (χ4v) is 3.16. The molecule has 2 heterocycles. The maximum atomic E-state index is 11.9. The Morgan fingerprint density at radius 1 is 1.17 bits per heavy atom. The van der Waals surface area contributed by atoms with E-state index in [1.807, 2.05) is 6.07 Å². The van der Waals surface area contributed by atoms with E-state index in [1.165, 1.54) is 11.3 Å². The van der Waals surface area contributed by atoms with E-state index < -0.39 is 0 Å². The van der Waals surface area contributed by atoms with Gasteiger partial charge in [-0.25, -0.2) is 4.79 Å². The van der Waals surface area contributed by atoms with Crippen molar-refractivity contribution in [1.82, 2.24) is 20.1 Å². The topological polar surface area (TPSA) is 49.3 Å². The maximum absolute atomic E-state index is 11.9. The minimum Gasteiger partial charge on any atom is -0.349 e. The molecule has 1 aliphatic heterocycles. The molecule has 0 saturated carbocycles. The number of amides is 2. The van der Waals surface area contributed by atoms with Gasteiger partial charge in [0.2, 0.25) is 0 Å². The van der Waals surface area contributed by atoms with Crippen molar-refractivity contribution < 1.29 is 4.79 Å². The summed E-state index contributed by atoms with van der Waals surface area (Å²) in [5.41, 5.74) is 2.63. The lowest BCUT2D eigenvalue weighted by Gasteiger charge is -2.37. The van der Waals surface area contributed by atoms with Crippen molar-refractivity contribution in [2.45, 2.75) is 39.0 Å². The van der Waals surface area contributed by atoms with Crippen LogP contribution in [0.4, 0.5) is 4.79 Å². The molecule has 0 bridgehead atoms. The molecule has 2 amide bonds. The molecule has 1 atom stereocenters. The number of hydrogen-bond donors (Lipinski definition) is 2. The SMILES string of the molecule is CCCNC(=O)NCC1Cn2cccc2CN1Cc1ccccc1. The summed E-state index contributed by atoms with van der Waals surface area (Å²) < 4.78 is 2.29. The van der Waals surface area contributed by atoms with Crippen LogP contribution in [0.3, 0.4) is 0 Å². The highest BCUT2D eigenvalue weighted by molar-refractivity contribution is 5.73. The second-order valence-corrected chi connectivity index (χ2v) is 6.33. The highest BCUT2D eigenvalue weighted by Crippen LogP contribution is 2.20. The summed E-state index contributed by atoms with van der Waals surface area (Å²) in [6.07, 6.45) is 3.07. The normalized spacial score (nSPS) is 17.3. The molecular weight excluding hydrogens is 300 g/mol. The summed E-state index contributed by atoms with van der Waals surface area (Å²) in [4.78, 5) is 14.3. The summed E-state index contributed by atoms with van der Waals surface area (Å²) in [6, 6.07) is 15.0. The number of nitrogens with one attached hydrogen (secondary N) is 2. The largest absolute Gasteiger partial charge is 0.349 e. The van der Waals surface area contributed by atoms with E-state index in [2.05, 4.69) is 69.6 Å². The summed E-state index contributed by atoms with van der Waals surface area (Å²) in [6.45, 7) is 6.13.